The molecule has 0 radical (unpaired) electrons. The summed E-state index contributed by atoms with van der Waals surface area (Å²) in [6, 6.07) is 4.99. The molecule has 0 unspecified atom stereocenters. The van der Waals surface area contributed by atoms with Crippen LogP contribution in [-0.4, -0.2) is 47.7 Å². The first kappa shape index (κ1) is 14.2. The number of carbonyl (C=O) groups excluding carboxylic acids is 3. The van der Waals surface area contributed by atoms with E-state index in [0.717, 1.165) is 4.90 Å². The molecule has 1 heterocycles. The van der Waals surface area contributed by atoms with Crippen LogP contribution in [0.1, 0.15) is 23.2 Å². The Morgan fingerprint density at radius 2 is 1.90 bits per heavy atom. The maximum atomic E-state index is 12.7. The number of rotatable bonds is 5. The Bertz CT molecular complexity index is 542. The lowest BCUT2D eigenvalue weighted by atomic mass is 10.1. The number of benzene rings is 1. The van der Waals surface area contributed by atoms with Gasteiger partial charge in [0.2, 0.25) is 5.91 Å². The normalized spacial score (nSPS) is 15.1. The van der Waals surface area contributed by atoms with Gasteiger partial charge in [-0.3, -0.25) is 14.5 Å². The van der Waals surface area contributed by atoms with Gasteiger partial charge >= 0.3 is 6.03 Å². The van der Waals surface area contributed by atoms with E-state index in [1.54, 1.807) is 7.05 Å². The SMILES string of the molecule is CN1CC(=O)N(CCCC(=O)c2ccc(F)cc2)C1=O. The number of imide groups is 1. The highest BCUT2D eigenvalue weighted by Gasteiger charge is 2.32. The number of likely N-dealkylation sites (N-methyl/N-ethyl adjacent to an activating group) is 1. The first-order valence-electron chi connectivity index (χ1n) is 6.33. The van der Waals surface area contributed by atoms with Gasteiger partial charge < -0.3 is 4.90 Å². The molecule has 1 fully saturated rings. The molecule has 5 nitrogen and oxygen atoms in total. The Morgan fingerprint density at radius 3 is 2.45 bits per heavy atom. The van der Waals surface area contributed by atoms with E-state index in [9.17, 15) is 18.8 Å². The minimum atomic E-state index is -0.391. The van der Waals surface area contributed by atoms with E-state index in [1.165, 1.54) is 29.2 Å². The molecule has 1 aromatic carbocycles. The van der Waals surface area contributed by atoms with Crippen LogP contribution in [0.5, 0.6) is 0 Å². The van der Waals surface area contributed by atoms with Crippen molar-refractivity contribution in [2.24, 2.45) is 0 Å². The smallest absolute Gasteiger partial charge is 0.318 e. The van der Waals surface area contributed by atoms with E-state index in [2.05, 4.69) is 0 Å². The number of halogens is 1. The van der Waals surface area contributed by atoms with Gasteiger partial charge in [-0.25, -0.2) is 9.18 Å². The topological polar surface area (TPSA) is 57.7 Å². The second-order valence-electron chi connectivity index (χ2n) is 4.72. The lowest BCUT2D eigenvalue weighted by molar-refractivity contribution is -0.125. The van der Waals surface area contributed by atoms with E-state index in [-0.39, 0.29) is 37.2 Å². The van der Waals surface area contributed by atoms with Crippen LogP contribution in [0.2, 0.25) is 0 Å². The average Bonchev–Trinajstić information content (AvgIpc) is 2.65. The summed E-state index contributed by atoms with van der Waals surface area (Å²) in [6.45, 7) is 0.319. The predicted molar refractivity (Wildman–Crippen MR) is 69.7 cm³/mol. The minimum absolute atomic E-state index is 0.0880. The van der Waals surface area contributed by atoms with Gasteiger partial charge in [0.1, 0.15) is 12.4 Å². The van der Waals surface area contributed by atoms with Gasteiger partial charge in [-0.15, -0.1) is 0 Å². The lowest BCUT2D eigenvalue weighted by Gasteiger charge is -2.13. The molecule has 1 saturated heterocycles. The molecule has 2 rings (SSSR count). The Labute approximate surface area is 116 Å². The molecular formula is C14H15FN2O3. The summed E-state index contributed by atoms with van der Waals surface area (Å²) in [4.78, 5) is 37.4. The average molecular weight is 278 g/mol. The zero-order chi connectivity index (χ0) is 14.7. The number of urea groups is 1. The van der Waals surface area contributed by atoms with E-state index >= 15 is 0 Å². The van der Waals surface area contributed by atoms with E-state index in [4.69, 9.17) is 0 Å². The van der Waals surface area contributed by atoms with Crippen LogP contribution in [0, 0.1) is 5.82 Å². The maximum Gasteiger partial charge on any atom is 0.326 e. The van der Waals surface area contributed by atoms with Gasteiger partial charge in [0, 0.05) is 25.6 Å². The maximum absolute atomic E-state index is 12.7. The quantitative estimate of drug-likeness (QED) is 0.608. The highest BCUT2D eigenvalue weighted by atomic mass is 19.1. The van der Waals surface area contributed by atoms with Gasteiger partial charge in [-0.2, -0.15) is 0 Å². The number of hydrogen-bond donors (Lipinski definition) is 0. The largest absolute Gasteiger partial charge is 0.326 e. The highest BCUT2D eigenvalue weighted by Crippen LogP contribution is 2.11. The van der Waals surface area contributed by atoms with Crippen molar-refractivity contribution in [1.82, 2.24) is 9.80 Å². The third-order valence-electron chi connectivity index (χ3n) is 3.18. The first-order chi connectivity index (χ1) is 9.49. The molecule has 20 heavy (non-hydrogen) atoms. The van der Waals surface area contributed by atoms with Crippen molar-refractivity contribution in [3.8, 4) is 0 Å². The fourth-order valence-electron chi connectivity index (χ4n) is 2.07. The van der Waals surface area contributed by atoms with Crippen molar-refractivity contribution in [1.29, 1.82) is 0 Å². The summed E-state index contributed by atoms with van der Waals surface area (Å²) in [5.41, 5.74) is 0.433. The molecule has 0 spiro atoms. The molecule has 0 N–H and O–H groups in total. The van der Waals surface area contributed by atoms with Crippen LogP contribution in [0.25, 0.3) is 0 Å². The summed E-state index contributed by atoms with van der Waals surface area (Å²) in [6.07, 6.45) is 0.619. The van der Waals surface area contributed by atoms with Crippen molar-refractivity contribution >= 4 is 17.7 Å². The standard InChI is InChI=1S/C14H15FN2O3/c1-16-9-13(19)17(14(16)20)8-2-3-12(18)10-4-6-11(15)7-5-10/h4-7H,2-3,8-9H2,1H3. The van der Waals surface area contributed by atoms with Crippen LogP contribution < -0.4 is 0 Å². The Morgan fingerprint density at radius 1 is 1.25 bits per heavy atom. The summed E-state index contributed by atoms with van der Waals surface area (Å²) in [7, 11) is 1.56. The molecule has 0 saturated carbocycles. The van der Waals surface area contributed by atoms with Crippen molar-refractivity contribution < 1.29 is 18.8 Å². The Hall–Kier alpha value is -2.24. The number of nitrogens with zero attached hydrogens (tertiary/aromatic N) is 2. The van der Waals surface area contributed by atoms with Gasteiger partial charge in [0.15, 0.2) is 5.78 Å². The molecule has 106 valence electrons. The molecule has 1 aromatic rings. The fourth-order valence-corrected chi connectivity index (χ4v) is 2.07. The summed E-state index contributed by atoms with van der Waals surface area (Å²) < 4.78 is 12.7. The zero-order valence-corrected chi connectivity index (χ0v) is 11.1. The molecule has 0 atom stereocenters. The monoisotopic (exact) mass is 278 g/mol. The van der Waals surface area contributed by atoms with Crippen LogP contribution in [0.15, 0.2) is 24.3 Å². The van der Waals surface area contributed by atoms with Gasteiger partial charge in [0.05, 0.1) is 0 Å². The van der Waals surface area contributed by atoms with Gasteiger partial charge in [-0.1, -0.05) is 0 Å². The number of Topliss-reactive ketones (excluding diaryl/α,β-unsaturated/α-hetero) is 1. The van der Waals surface area contributed by atoms with E-state index < -0.39 is 5.82 Å². The summed E-state index contributed by atoms with van der Waals surface area (Å²) in [5.74, 6) is -0.762. The Balaban J connectivity index is 1.84. The van der Waals surface area contributed by atoms with E-state index in [0.29, 0.717) is 12.0 Å². The minimum Gasteiger partial charge on any atom is -0.318 e. The molecule has 0 bridgehead atoms. The Kier molecular flexibility index (Phi) is 4.12. The fraction of sp³-hybridized carbons (Fsp3) is 0.357. The number of hydrogen-bond acceptors (Lipinski definition) is 3. The molecule has 1 aliphatic heterocycles. The second kappa shape index (κ2) is 5.81. The molecule has 6 heteroatoms. The van der Waals surface area contributed by atoms with Crippen LogP contribution >= 0.6 is 0 Å². The van der Waals surface area contributed by atoms with Crippen molar-refractivity contribution in [2.75, 3.05) is 20.1 Å². The first-order valence-corrected chi connectivity index (χ1v) is 6.33. The third kappa shape index (κ3) is 3.01. The molecule has 0 aliphatic carbocycles. The number of amides is 3. The third-order valence-corrected chi connectivity index (χ3v) is 3.18. The van der Waals surface area contributed by atoms with Crippen LogP contribution in [0.3, 0.4) is 0 Å². The number of carbonyl (C=O) groups is 3. The lowest BCUT2D eigenvalue weighted by Crippen LogP contribution is -2.32. The second-order valence-corrected chi connectivity index (χ2v) is 4.72. The highest BCUT2D eigenvalue weighted by molar-refractivity contribution is 6.02. The summed E-state index contributed by atoms with van der Waals surface area (Å²) in [5, 5.41) is 0. The van der Waals surface area contributed by atoms with Gasteiger partial charge in [-0.05, 0) is 30.7 Å². The van der Waals surface area contributed by atoms with Gasteiger partial charge in [0.25, 0.3) is 0 Å². The predicted octanol–water partition coefficient (Wildman–Crippen LogP) is 1.68. The van der Waals surface area contributed by atoms with Crippen molar-refractivity contribution in [3.63, 3.8) is 0 Å². The molecule has 0 aromatic heterocycles. The molecule has 3 amide bonds. The molecular weight excluding hydrogens is 263 g/mol. The summed E-state index contributed by atoms with van der Waals surface area (Å²) >= 11 is 0. The van der Waals surface area contributed by atoms with Crippen molar-refractivity contribution in [3.05, 3.63) is 35.6 Å². The number of ketones is 1. The van der Waals surface area contributed by atoms with E-state index in [1.807, 2.05) is 0 Å². The zero-order valence-electron chi connectivity index (χ0n) is 11.1. The molecule has 1 aliphatic rings. The van der Waals surface area contributed by atoms with Crippen molar-refractivity contribution in [2.45, 2.75) is 12.8 Å². The van der Waals surface area contributed by atoms with Crippen LogP contribution in [-0.2, 0) is 4.79 Å². The van der Waals surface area contributed by atoms with Crippen LogP contribution in [0.4, 0.5) is 9.18 Å².